The second-order valence-corrected chi connectivity index (χ2v) is 10.8. The van der Waals surface area contributed by atoms with Gasteiger partial charge in [-0.05, 0) is 68.1 Å². The summed E-state index contributed by atoms with van der Waals surface area (Å²) >= 11 is 0. The van der Waals surface area contributed by atoms with E-state index < -0.39 is 5.79 Å². The molecule has 4 saturated carbocycles. The largest absolute Gasteiger partial charge is 0.355 e. The maximum Gasteiger partial charge on any atom is 0.226 e. The van der Waals surface area contributed by atoms with Crippen LogP contribution in [0.5, 0.6) is 0 Å². The van der Waals surface area contributed by atoms with Crippen LogP contribution in [-0.2, 0) is 14.3 Å². The zero-order valence-corrected chi connectivity index (χ0v) is 16.5. The van der Waals surface area contributed by atoms with Crippen LogP contribution in [0.1, 0.15) is 72.6 Å². The fraction of sp³-hybridized carbons (Fsp3) is 0.952. The van der Waals surface area contributed by atoms with E-state index in [1.165, 1.54) is 19.3 Å². The van der Waals surface area contributed by atoms with E-state index in [2.05, 4.69) is 26.1 Å². The first-order chi connectivity index (χ1) is 11.6. The van der Waals surface area contributed by atoms with Crippen molar-refractivity contribution in [3.63, 3.8) is 0 Å². The topological polar surface area (TPSA) is 47.6 Å². The zero-order chi connectivity index (χ0) is 17.9. The number of nitrogens with one attached hydrogen (secondary N) is 1. The lowest BCUT2D eigenvalue weighted by molar-refractivity contribution is -0.171. The minimum absolute atomic E-state index is 0.104. The van der Waals surface area contributed by atoms with Crippen molar-refractivity contribution in [3.8, 4) is 0 Å². The van der Waals surface area contributed by atoms with Crippen molar-refractivity contribution in [1.82, 2.24) is 5.32 Å². The first-order valence-electron chi connectivity index (χ1n) is 10.2. The molecule has 4 aliphatic carbocycles. The number of amides is 1. The summed E-state index contributed by atoms with van der Waals surface area (Å²) < 4.78 is 11.4. The van der Waals surface area contributed by atoms with E-state index in [-0.39, 0.29) is 5.41 Å². The summed E-state index contributed by atoms with van der Waals surface area (Å²) in [6, 6.07) is 0. The van der Waals surface area contributed by atoms with Gasteiger partial charge in [-0.2, -0.15) is 0 Å². The molecule has 1 aliphatic heterocycles. The van der Waals surface area contributed by atoms with Crippen LogP contribution in [0, 0.1) is 28.1 Å². The van der Waals surface area contributed by atoms with Crippen LogP contribution >= 0.6 is 0 Å². The molecule has 4 bridgehead atoms. The van der Waals surface area contributed by atoms with Gasteiger partial charge in [-0.25, -0.2) is 0 Å². The van der Waals surface area contributed by atoms with Gasteiger partial charge in [0.1, 0.15) is 0 Å². The normalized spacial score (nSPS) is 45.5. The van der Waals surface area contributed by atoms with Crippen LogP contribution in [0.15, 0.2) is 0 Å². The van der Waals surface area contributed by atoms with Crippen LogP contribution in [0.4, 0.5) is 0 Å². The Kier molecular flexibility index (Phi) is 4.05. The summed E-state index contributed by atoms with van der Waals surface area (Å²) in [4.78, 5) is 13.2. The number of carbonyl (C=O) groups excluding carboxylic acids is 1. The highest BCUT2D eigenvalue weighted by atomic mass is 16.7. The minimum Gasteiger partial charge on any atom is -0.355 e. The summed E-state index contributed by atoms with van der Waals surface area (Å²) in [5.41, 5.74) is 0.666. The summed E-state index contributed by atoms with van der Waals surface area (Å²) in [5, 5.41) is 3.32. The molecule has 1 saturated heterocycles. The number of hydrogen-bond acceptors (Lipinski definition) is 3. The van der Waals surface area contributed by atoms with Crippen molar-refractivity contribution >= 4 is 5.91 Å². The molecular formula is C21H35NO3. The molecule has 0 aromatic rings. The average molecular weight is 350 g/mol. The maximum atomic E-state index is 13.2. The van der Waals surface area contributed by atoms with E-state index in [9.17, 15) is 4.79 Å². The highest BCUT2D eigenvalue weighted by Crippen LogP contribution is 2.69. The Morgan fingerprint density at radius 3 is 2.20 bits per heavy atom. The summed E-state index contributed by atoms with van der Waals surface area (Å²) in [6.07, 6.45) is 8.12. The number of ether oxygens (including phenoxy) is 2. The van der Waals surface area contributed by atoms with Gasteiger partial charge >= 0.3 is 0 Å². The van der Waals surface area contributed by atoms with Crippen LogP contribution in [0.2, 0.25) is 0 Å². The molecule has 4 nitrogen and oxygen atoms in total. The van der Waals surface area contributed by atoms with Gasteiger partial charge in [0, 0.05) is 13.0 Å². The van der Waals surface area contributed by atoms with Crippen molar-refractivity contribution in [3.05, 3.63) is 0 Å². The third-order valence-corrected chi connectivity index (χ3v) is 7.34. The molecule has 5 atom stereocenters. The van der Waals surface area contributed by atoms with Crippen LogP contribution in [0.25, 0.3) is 0 Å². The number of rotatable bonds is 5. The maximum absolute atomic E-state index is 13.2. The Labute approximate surface area is 152 Å². The lowest BCUT2D eigenvalue weighted by atomic mass is 9.40. The summed E-state index contributed by atoms with van der Waals surface area (Å²) in [5.74, 6) is 0.964. The molecule has 5 rings (SSSR count). The molecule has 0 radical (unpaired) electrons. The molecule has 1 heterocycles. The molecule has 2 unspecified atom stereocenters. The first-order valence-corrected chi connectivity index (χ1v) is 10.2. The van der Waals surface area contributed by atoms with Crippen molar-refractivity contribution in [2.75, 3.05) is 19.8 Å². The molecule has 5 fully saturated rings. The van der Waals surface area contributed by atoms with Crippen molar-refractivity contribution < 1.29 is 14.3 Å². The van der Waals surface area contributed by atoms with Crippen molar-refractivity contribution in [1.29, 1.82) is 0 Å². The van der Waals surface area contributed by atoms with Gasteiger partial charge in [0.05, 0.1) is 18.6 Å². The Balaban J connectivity index is 1.38. The fourth-order valence-electron chi connectivity index (χ4n) is 7.54. The highest BCUT2D eigenvalue weighted by molar-refractivity contribution is 5.83. The molecule has 142 valence electrons. The van der Waals surface area contributed by atoms with Crippen molar-refractivity contribution in [2.24, 2.45) is 28.1 Å². The molecule has 1 N–H and O–H groups in total. The molecule has 1 amide bonds. The first kappa shape index (κ1) is 17.8. The second-order valence-electron chi connectivity index (χ2n) is 10.8. The van der Waals surface area contributed by atoms with Gasteiger partial charge in [0.2, 0.25) is 5.91 Å². The SMILES string of the molecule is C[C@@H](CNC(=O)C12CC3C[C@@](C)(C1)C[C@](C)(C3)C2)CC1(C)OCCO1. The Morgan fingerprint density at radius 2 is 1.64 bits per heavy atom. The number of hydrogen-bond donors (Lipinski definition) is 1. The quantitative estimate of drug-likeness (QED) is 0.819. The Morgan fingerprint density at radius 1 is 1.04 bits per heavy atom. The van der Waals surface area contributed by atoms with Crippen LogP contribution in [-0.4, -0.2) is 31.5 Å². The zero-order valence-electron chi connectivity index (χ0n) is 16.5. The summed E-state index contributed by atoms with van der Waals surface area (Å²) in [7, 11) is 0. The third-order valence-electron chi connectivity index (χ3n) is 7.34. The van der Waals surface area contributed by atoms with Gasteiger partial charge < -0.3 is 14.8 Å². The van der Waals surface area contributed by atoms with Crippen molar-refractivity contribution in [2.45, 2.75) is 78.4 Å². The van der Waals surface area contributed by atoms with E-state index in [4.69, 9.17) is 9.47 Å². The molecule has 0 aromatic heterocycles. The molecular weight excluding hydrogens is 314 g/mol. The average Bonchev–Trinajstić information content (AvgIpc) is 2.87. The monoisotopic (exact) mass is 349 g/mol. The third kappa shape index (κ3) is 3.25. The fourth-order valence-corrected chi connectivity index (χ4v) is 7.54. The lowest BCUT2D eigenvalue weighted by Crippen LogP contribution is -2.60. The number of carbonyl (C=O) groups is 1. The molecule has 4 heteroatoms. The predicted molar refractivity (Wildman–Crippen MR) is 96.9 cm³/mol. The lowest BCUT2D eigenvalue weighted by Gasteiger charge is -2.64. The Bertz CT molecular complexity index is 535. The molecule has 25 heavy (non-hydrogen) atoms. The van der Waals surface area contributed by atoms with E-state index in [1.807, 2.05) is 6.92 Å². The van der Waals surface area contributed by atoms with E-state index >= 15 is 0 Å². The molecule has 5 aliphatic rings. The molecule has 0 aromatic carbocycles. The molecule has 0 spiro atoms. The van der Waals surface area contributed by atoms with Gasteiger partial charge in [-0.15, -0.1) is 0 Å². The van der Waals surface area contributed by atoms with Gasteiger partial charge in [0.25, 0.3) is 0 Å². The van der Waals surface area contributed by atoms with E-state index in [0.717, 1.165) is 38.1 Å². The minimum atomic E-state index is -0.466. The van der Waals surface area contributed by atoms with Gasteiger partial charge in [0.15, 0.2) is 5.79 Å². The summed E-state index contributed by atoms with van der Waals surface area (Å²) in [6.45, 7) is 11.1. The standard InChI is InChI=1S/C21H35NO3/c1-15(7-20(4)24-5-6-25-20)11-22-17(23)21-10-16-8-18(2,13-21)12-19(3,9-16)14-21/h15-16H,5-14H2,1-4H3,(H,22,23)/t15-,16?,18-,19+,21?/m1/s1. The van der Waals surface area contributed by atoms with Crippen LogP contribution < -0.4 is 5.32 Å². The highest BCUT2D eigenvalue weighted by Gasteiger charge is 2.62. The smallest absolute Gasteiger partial charge is 0.226 e. The van der Waals surface area contributed by atoms with Gasteiger partial charge in [-0.1, -0.05) is 20.8 Å². The van der Waals surface area contributed by atoms with E-state index in [0.29, 0.717) is 35.9 Å². The van der Waals surface area contributed by atoms with Gasteiger partial charge in [-0.3, -0.25) is 4.79 Å². The Hall–Kier alpha value is -0.610. The van der Waals surface area contributed by atoms with E-state index in [1.54, 1.807) is 0 Å². The van der Waals surface area contributed by atoms with Crippen LogP contribution in [0.3, 0.4) is 0 Å². The predicted octanol–water partition coefficient (Wildman–Crippen LogP) is 3.89. The second kappa shape index (κ2) is 5.69.